The highest BCUT2D eigenvalue weighted by atomic mass is 35.5. The Kier molecular flexibility index (Phi) is 5.19. The summed E-state index contributed by atoms with van der Waals surface area (Å²) >= 11 is 5.91. The van der Waals surface area contributed by atoms with Crippen LogP contribution in [0.15, 0.2) is 18.2 Å². The van der Waals surface area contributed by atoms with Gasteiger partial charge in [0.25, 0.3) is 5.91 Å². The maximum absolute atomic E-state index is 13.2. The van der Waals surface area contributed by atoms with Crippen LogP contribution in [0.4, 0.5) is 4.39 Å². The molecule has 0 saturated carbocycles. The molecule has 1 heterocycles. The zero-order valence-corrected chi connectivity index (χ0v) is 12.9. The van der Waals surface area contributed by atoms with Gasteiger partial charge in [-0.1, -0.05) is 11.6 Å². The average molecular weight is 315 g/mol. The highest BCUT2D eigenvalue weighted by Gasteiger charge is 2.30. The maximum atomic E-state index is 13.2. The van der Waals surface area contributed by atoms with E-state index >= 15 is 0 Å². The van der Waals surface area contributed by atoms with E-state index in [9.17, 15) is 14.3 Å². The lowest BCUT2D eigenvalue weighted by molar-refractivity contribution is 0.0263. The van der Waals surface area contributed by atoms with E-state index in [1.165, 1.54) is 12.1 Å². The molecule has 0 radical (unpaired) electrons. The number of amides is 1. The fraction of sp³-hybridized carbons (Fsp3) is 0.533. The van der Waals surface area contributed by atoms with Gasteiger partial charge in [0.05, 0.1) is 22.7 Å². The second kappa shape index (κ2) is 6.73. The Morgan fingerprint density at radius 3 is 2.86 bits per heavy atom. The Hall–Kier alpha value is -1.17. The topological polar surface area (TPSA) is 52.6 Å². The molecule has 1 aromatic rings. The van der Waals surface area contributed by atoms with E-state index in [4.69, 9.17) is 11.6 Å². The standard InChI is InChI=1S/C15H20ClFN2O2/c1-9(2)19-6-5-13(14(20)8-19)18-15(21)11-7-10(17)3-4-12(11)16/h3-4,7,9,13-14,20H,5-6,8H2,1-2H3,(H,18,21). The van der Waals surface area contributed by atoms with Gasteiger partial charge in [-0.15, -0.1) is 0 Å². The van der Waals surface area contributed by atoms with Crippen molar-refractivity contribution in [2.75, 3.05) is 13.1 Å². The van der Waals surface area contributed by atoms with Crippen LogP contribution in [0.25, 0.3) is 0 Å². The van der Waals surface area contributed by atoms with Crippen molar-refractivity contribution in [1.29, 1.82) is 0 Å². The first-order chi connectivity index (χ1) is 9.88. The van der Waals surface area contributed by atoms with Crippen molar-refractivity contribution in [2.24, 2.45) is 0 Å². The number of likely N-dealkylation sites (tertiary alicyclic amines) is 1. The third-order valence-electron chi connectivity index (χ3n) is 3.83. The van der Waals surface area contributed by atoms with Crippen LogP contribution < -0.4 is 5.32 Å². The van der Waals surface area contributed by atoms with E-state index < -0.39 is 17.8 Å². The van der Waals surface area contributed by atoms with Gasteiger partial charge in [0, 0.05) is 19.1 Å². The summed E-state index contributed by atoms with van der Waals surface area (Å²) in [5.74, 6) is -0.971. The molecular weight excluding hydrogens is 295 g/mol. The van der Waals surface area contributed by atoms with Crippen molar-refractivity contribution in [3.63, 3.8) is 0 Å². The zero-order chi connectivity index (χ0) is 15.6. The fourth-order valence-electron chi connectivity index (χ4n) is 2.51. The van der Waals surface area contributed by atoms with E-state index in [2.05, 4.69) is 24.1 Å². The third kappa shape index (κ3) is 3.93. The summed E-state index contributed by atoms with van der Waals surface area (Å²) in [5.41, 5.74) is 0.0927. The van der Waals surface area contributed by atoms with Gasteiger partial charge >= 0.3 is 0 Å². The Morgan fingerprint density at radius 2 is 2.24 bits per heavy atom. The number of carbonyl (C=O) groups excluding carboxylic acids is 1. The molecule has 0 bridgehead atoms. The van der Waals surface area contributed by atoms with Crippen LogP contribution in [0.3, 0.4) is 0 Å². The molecule has 0 aromatic heterocycles. The number of aliphatic hydroxyl groups is 1. The number of halogens is 2. The van der Waals surface area contributed by atoms with E-state index in [-0.39, 0.29) is 16.6 Å². The molecule has 1 aromatic carbocycles. The summed E-state index contributed by atoms with van der Waals surface area (Å²) in [6.07, 6.45) is 0.00955. The minimum absolute atomic E-state index is 0.0927. The first-order valence-electron chi connectivity index (χ1n) is 7.06. The second-order valence-electron chi connectivity index (χ2n) is 5.65. The first-order valence-corrected chi connectivity index (χ1v) is 7.44. The first kappa shape index (κ1) is 16.2. The lowest BCUT2D eigenvalue weighted by Gasteiger charge is -2.38. The lowest BCUT2D eigenvalue weighted by atomic mass is 10.00. The SMILES string of the molecule is CC(C)N1CCC(NC(=O)c2cc(F)ccc2Cl)C(O)C1. The van der Waals surface area contributed by atoms with E-state index in [0.29, 0.717) is 19.0 Å². The van der Waals surface area contributed by atoms with Crippen LogP contribution in [-0.2, 0) is 0 Å². The molecule has 21 heavy (non-hydrogen) atoms. The molecule has 1 aliphatic heterocycles. The Balaban J connectivity index is 2.02. The molecule has 116 valence electrons. The van der Waals surface area contributed by atoms with Crippen molar-refractivity contribution in [2.45, 2.75) is 38.5 Å². The Morgan fingerprint density at radius 1 is 1.52 bits per heavy atom. The zero-order valence-electron chi connectivity index (χ0n) is 12.1. The van der Waals surface area contributed by atoms with Gasteiger partial charge in [-0.3, -0.25) is 9.69 Å². The average Bonchev–Trinajstić information content (AvgIpc) is 2.43. The summed E-state index contributed by atoms with van der Waals surface area (Å²) in [4.78, 5) is 14.3. The molecule has 1 fully saturated rings. The van der Waals surface area contributed by atoms with E-state index in [1.54, 1.807) is 0 Å². The second-order valence-corrected chi connectivity index (χ2v) is 6.06. The molecule has 4 nitrogen and oxygen atoms in total. The lowest BCUT2D eigenvalue weighted by Crippen LogP contribution is -2.55. The minimum atomic E-state index is -0.641. The fourth-order valence-corrected chi connectivity index (χ4v) is 2.71. The molecule has 2 atom stereocenters. The number of hydrogen-bond donors (Lipinski definition) is 2. The number of carbonyl (C=O) groups is 1. The van der Waals surface area contributed by atoms with Crippen molar-refractivity contribution >= 4 is 17.5 Å². The van der Waals surface area contributed by atoms with Gasteiger partial charge in [0.15, 0.2) is 0 Å². The molecule has 0 aliphatic carbocycles. The van der Waals surface area contributed by atoms with E-state index in [0.717, 1.165) is 12.6 Å². The van der Waals surface area contributed by atoms with Crippen LogP contribution in [0.1, 0.15) is 30.6 Å². The molecular formula is C15H20ClFN2O2. The van der Waals surface area contributed by atoms with E-state index in [1.807, 2.05) is 0 Å². The number of hydrogen-bond acceptors (Lipinski definition) is 3. The molecule has 1 amide bonds. The van der Waals surface area contributed by atoms with Crippen LogP contribution >= 0.6 is 11.6 Å². The normalized spacial score (nSPS) is 23.3. The predicted molar refractivity (Wildman–Crippen MR) is 80.0 cm³/mol. The Bertz CT molecular complexity index is 524. The summed E-state index contributed by atoms with van der Waals surface area (Å²) in [7, 11) is 0. The number of β-amino-alcohol motifs (C(OH)–C–C–N with tert-alkyl or cyclic N) is 1. The molecule has 0 spiro atoms. The molecule has 1 saturated heterocycles. The van der Waals surface area contributed by atoms with Gasteiger partial charge in [-0.25, -0.2) is 4.39 Å². The highest BCUT2D eigenvalue weighted by molar-refractivity contribution is 6.33. The third-order valence-corrected chi connectivity index (χ3v) is 4.16. The monoisotopic (exact) mass is 314 g/mol. The molecule has 2 unspecified atom stereocenters. The summed E-state index contributed by atoms with van der Waals surface area (Å²) in [5, 5.41) is 13.1. The number of nitrogens with one attached hydrogen (secondary N) is 1. The van der Waals surface area contributed by atoms with Gasteiger partial charge in [0.1, 0.15) is 5.82 Å². The molecule has 1 aliphatic rings. The highest BCUT2D eigenvalue weighted by Crippen LogP contribution is 2.19. The Labute approximate surface area is 128 Å². The van der Waals surface area contributed by atoms with Crippen LogP contribution in [-0.4, -0.2) is 47.2 Å². The number of benzene rings is 1. The smallest absolute Gasteiger partial charge is 0.253 e. The number of piperidine rings is 1. The van der Waals surface area contributed by atoms with Gasteiger partial charge in [0.2, 0.25) is 0 Å². The van der Waals surface area contributed by atoms with Crippen molar-refractivity contribution < 1.29 is 14.3 Å². The largest absolute Gasteiger partial charge is 0.390 e. The summed E-state index contributed by atoms with van der Waals surface area (Å²) in [6, 6.07) is 3.67. The van der Waals surface area contributed by atoms with Crippen LogP contribution in [0.5, 0.6) is 0 Å². The minimum Gasteiger partial charge on any atom is -0.390 e. The van der Waals surface area contributed by atoms with Crippen LogP contribution in [0, 0.1) is 5.82 Å². The molecule has 6 heteroatoms. The van der Waals surface area contributed by atoms with Gasteiger partial charge in [-0.05, 0) is 38.5 Å². The number of aliphatic hydroxyl groups excluding tert-OH is 1. The quantitative estimate of drug-likeness (QED) is 0.898. The van der Waals surface area contributed by atoms with Gasteiger partial charge in [-0.2, -0.15) is 0 Å². The number of rotatable bonds is 3. The summed E-state index contributed by atoms with van der Waals surface area (Å²) < 4.78 is 13.2. The number of nitrogens with zero attached hydrogens (tertiary/aromatic N) is 1. The summed E-state index contributed by atoms with van der Waals surface area (Å²) in [6.45, 7) is 5.45. The van der Waals surface area contributed by atoms with Gasteiger partial charge < -0.3 is 10.4 Å². The van der Waals surface area contributed by atoms with Crippen LogP contribution in [0.2, 0.25) is 5.02 Å². The van der Waals surface area contributed by atoms with Crippen molar-refractivity contribution in [3.05, 3.63) is 34.6 Å². The molecule has 2 N–H and O–H groups in total. The van der Waals surface area contributed by atoms with Crippen molar-refractivity contribution in [1.82, 2.24) is 10.2 Å². The maximum Gasteiger partial charge on any atom is 0.253 e. The van der Waals surface area contributed by atoms with Crippen molar-refractivity contribution in [3.8, 4) is 0 Å². The molecule has 2 rings (SSSR count). The predicted octanol–water partition coefficient (Wildman–Crippen LogP) is 2.05.